The molecule has 1 heterocycles. The summed E-state index contributed by atoms with van der Waals surface area (Å²) in [7, 11) is 3.52. The predicted molar refractivity (Wildman–Crippen MR) is 101 cm³/mol. The topological polar surface area (TPSA) is 66.0 Å². The number of amides is 1. The lowest BCUT2D eigenvalue weighted by Crippen LogP contribution is -2.68. The zero-order valence-electron chi connectivity index (χ0n) is 14.5. The second-order valence-electron chi connectivity index (χ2n) is 7.56. The molecule has 0 bridgehead atoms. The average Bonchev–Trinajstić information content (AvgIpc) is 3.15. The van der Waals surface area contributed by atoms with Crippen LogP contribution in [-0.4, -0.2) is 62.2 Å². The van der Waals surface area contributed by atoms with E-state index < -0.39 is 0 Å². The Labute approximate surface area is 155 Å². The van der Waals surface area contributed by atoms with E-state index in [2.05, 4.69) is 29.5 Å². The molecular formula is C16H29IN4O2. The van der Waals surface area contributed by atoms with Crippen LogP contribution in [0.2, 0.25) is 0 Å². The van der Waals surface area contributed by atoms with E-state index in [1.165, 1.54) is 12.8 Å². The lowest BCUT2D eigenvalue weighted by molar-refractivity contribution is -0.127. The zero-order chi connectivity index (χ0) is 15.9. The van der Waals surface area contributed by atoms with Crippen LogP contribution >= 0.6 is 24.0 Å². The van der Waals surface area contributed by atoms with E-state index in [1.807, 2.05) is 0 Å². The van der Waals surface area contributed by atoms with E-state index in [-0.39, 0.29) is 41.8 Å². The Morgan fingerprint density at radius 1 is 1.26 bits per heavy atom. The van der Waals surface area contributed by atoms with Crippen LogP contribution in [0.3, 0.4) is 0 Å². The lowest BCUT2D eigenvalue weighted by Gasteiger charge is -2.55. The second-order valence-corrected chi connectivity index (χ2v) is 7.56. The molecule has 2 saturated carbocycles. The lowest BCUT2D eigenvalue weighted by atomic mass is 9.57. The summed E-state index contributed by atoms with van der Waals surface area (Å²) in [5, 5.41) is 7.00. The fourth-order valence-corrected chi connectivity index (χ4v) is 3.61. The van der Waals surface area contributed by atoms with Crippen LogP contribution in [0.1, 0.15) is 33.1 Å². The van der Waals surface area contributed by atoms with Crippen molar-refractivity contribution >= 4 is 35.8 Å². The minimum Gasteiger partial charge on any atom is -0.377 e. The molecule has 0 spiro atoms. The van der Waals surface area contributed by atoms with E-state index in [1.54, 1.807) is 19.0 Å². The maximum Gasteiger partial charge on any atom is 0.243 e. The van der Waals surface area contributed by atoms with Gasteiger partial charge in [0.05, 0.1) is 6.10 Å². The van der Waals surface area contributed by atoms with Crippen molar-refractivity contribution in [3.8, 4) is 0 Å². The van der Waals surface area contributed by atoms with E-state index in [0.717, 1.165) is 19.0 Å². The average molecular weight is 436 g/mol. The highest BCUT2D eigenvalue weighted by atomic mass is 127. The molecule has 0 radical (unpaired) electrons. The number of nitrogens with one attached hydrogen (secondary N) is 2. The molecule has 2 aliphatic carbocycles. The highest BCUT2D eigenvalue weighted by molar-refractivity contribution is 14.0. The first-order valence-corrected chi connectivity index (χ1v) is 8.29. The summed E-state index contributed by atoms with van der Waals surface area (Å²) in [5.74, 6) is 1.36. The summed E-state index contributed by atoms with van der Waals surface area (Å²) < 4.78 is 5.84. The number of carbonyl (C=O) groups is 1. The highest BCUT2D eigenvalue weighted by Crippen LogP contribution is 2.52. The van der Waals surface area contributed by atoms with Gasteiger partial charge in [0, 0.05) is 44.1 Å². The van der Waals surface area contributed by atoms with E-state index in [4.69, 9.17) is 4.74 Å². The Kier molecular flexibility index (Phi) is 5.81. The number of hydrogen-bond acceptors (Lipinski definition) is 3. The molecule has 132 valence electrons. The molecule has 3 unspecified atom stereocenters. The van der Waals surface area contributed by atoms with Gasteiger partial charge in [0.25, 0.3) is 0 Å². The van der Waals surface area contributed by atoms with Gasteiger partial charge in [-0.2, -0.15) is 0 Å². The van der Waals surface area contributed by atoms with Crippen LogP contribution in [0.25, 0.3) is 0 Å². The Hall–Kier alpha value is -0.570. The molecule has 2 N–H and O–H groups in total. The molecule has 3 atom stereocenters. The molecule has 1 saturated heterocycles. The molecule has 3 rings (SSSR count). The summed E-state index contributed by atoms with van der Waals surface area (Å²) in [6.07, 6.45) is 3.84. The number of fused-ring (bicyclic) bond motifs is 1. The SMILES string of the molecule is CN(C)C(=O)CN=C(NC1CC1)NC1C2CCOC2C1(C)C.I. The summed E-state index contributed by atoms with van der Waals surface area (Å²) in [6, 6.07) is 0.874. The molecule has 0 aromatic rings. The fourth-order valence-electron chi connectivity index (χ4n) is 3.61. The van der Waals surface area contributed by atoms with Crippen molar-refractivity contribution in [3.05, 3.63) is 0 Å². The van der Waals surface area contributed by atoms with Gasteiger partial charge < -0.3 is 20.3 Å². The number of likely N-dealkylation sites (N-methyl/N-ethyl adjacent to an activating group) is 1. The Bertz CT molecular complexity index is 477. The first-order chi connectivity index (χ1) is 10.4. The van der Waals surface area contributed by atoms with Gasteiger partial charge in [-0.1, -0.05) is 13.8 Å². The van der Waals surface area contributed by atoms with Gasteiger partial charge in [0.1, 0.15) is 6.54 Å². The Morgan fingerprint density at radius 3 is 2.57 bits per heavy atom. The van der Waals surface area contributed by atoms with Gasteiger partial charge in [-0.15, -0.1) is 24.0 Å². The van der Waals surface area contributed by atoms with Gasteiger partial charge in [-0.25, -0.2) is 4.99 Å². The number of hydrogen-bond donors (Lipinski definition) is 2. The molecule has 1 amide bonds. The third-order valence-corrected chi connectivity index (χ3v) is 5.18. The van der Waals surface area contributed by atoms with E-state index in [9.17, 15) is 4.79 Å². The number of carbonyl (C=O) groups excluding carboxylic acids is 1. The summed E-state index contributed by atoms with van der Waals surface area (Å²) in [6.45, 7) is 5.54. The number of halogens is 1. The standard InChI is InChI=1S/C16H28N4O2.HI/c1-16(2)13(11-7-8-22-14(11)16)19-15(18-10-5-6-10)17-9-12(21)20(3)4;/h10-11,13-14H,5-9H2,1-4H3,(H2,17,18,19);1H. The molecule has 0 aromatic carbocycles. The van der Waals surface area contributed by atoms with Gasteiger partial charge in [-0.3, -0.25) is 4.79 Å². The van der Waals surface area contributed by atoms with Crippen molar-refractivity contribution in [2.24, 2.45) is 16.3 Å². The van der Waals surface area contributed by atoms with Gasteiger partial charge in [-0.05, 0) is 19.3 Å². The van der Waals surface area contributed by atoms with Gasteiger partial charge in [0.15, 0.2) is 5.96 Å². The molecule has 6 nitrogen and oxygen atoms in total. The van der Waals surface area contributed by atoms with Crippen molar-refractivity contribution in [3.63, 3.8) is 0 Å². The number of aliphatic imine (C=N–C) groups is 1. The molecule has 7 heteroatoms. The van der Waals surface area contributed by atoms with E-state index in [0.29, 0.717) is 24.1 Å². The van der Waals surface area contributed by atoms with Crippen molar-refractivity contribution in [1.82, 2.24) is 15.5 Å². The monoisotopic (exact) mass is 436 g/mol. The third kappa shape index (κ3) is 3.92. The number of ether oxygens (including phenoxy) is 1. The highest BCUT2D eigenvalue weighted by Gasteiger charge is 2.59. The molecular weight excluding hydrogens is 407 g/mol. The van der Waals surface area contributed by atoms with E-state index >= 15 is 0 Å². The van der Waals surface area contributed by atoms with Crippen LogP contribution in [0.15, 0.2) is 4.99 Å². The molecule has 0 aromatic heterocycles. The second kappa shape index (κ2) is 7.13. The molecule has 23 heavy (non-hydrogen) atoms. The zero-order valence-corrected chi connectivity index (χ0v) is 16.8. The minimum atomic E-state index is 0. The summed E-state index contributed by atoms with van der Waals surface area (Å²) in [5.41, 5.74) is 0.110. The van der Waals surface area contributed by atoms with Crippen molar-refractivity contribution in [2.45, 2.75) is 51.3 Å². The minimum absolute atomic E-state index is 0. The van der Waals surface area contributed by atoms with Gasteiger partial charge >= 0.3 is 0 Å². The smallest absolute Gasteiger partial charge is 0.243 e. The first kappa shape index (κ1) is 18.8. The van der Waals surface area contributed by atoms with Gasteiger partial charge in [0.2, 0.25) is 5.91 Å². The maximum atomic E-state index is 11.8. The largest absolute Gasteiger partial charge is 0.377 e. The third-order valence-electron chi connectivity index (χ3n) is 5.18. The summed E-state index contributed by atoms with van der Waals surface area (Å²) >= 11 is 0. The van der Waals surface area contributed by atoms with Crippen LogP contribution in [0.4, 0.5) is 0 Å². The molecule has 3 fully saturated rings. The first-order valence-electron chi connectivity index (χ1n) is 8.29. The van der Waals surface area contributed by atoms with Crippen molar-refractivity contribution in [1.29, 1.82) is 0 Å². The molecule has 3 aliphatic rings. The summed E-state index contributed by atoms with van der Waals surface area (Å²) in [4.78, 5) is 17.8. The van der Waals surface area contributed by atoms with Crippen LogP contribution < -0.4 is 10.6 Å². The number of rotatable bonds is 4. The quantitative estimate of drug-likeness (QED) is 0.395. The Morgan fingerprint density at radius 2 is 1.96 bits per heavy atom. The molecule has 1 aliphatic heterocycles. The van der Waals surface area contributed by atoms with Crippen molar-refractivity contribution in [2.75, 3.05) is 27.2 Å². The van der Waals surface area contributed by atoms with Crippen LogP contribution in [0.5, 0.6) is 0 Å². The fraction of sp³-hybridized carbons (Fsp3) is 0.875. The number of guanidine groups is 1. The number of nitrogens with zero attached hydrogens (tertiary/aromatic N) is 2. The Balaban J connectivity index is 0.00000192. The van der Waals surface area contributed by atoms with Crippen LogP contribution in [0, 0.1) is 11.3 Å². The normalized spacial score (nSPS) is 31.5. The van der Waals surface area contributed by atoms with Crippen LogP contribution in [-0.2, 0) is 9.53 Å². The van der Waals surface area contributed by atoms with Crippen molar-refractivity contribution < 1.29 is 9.53 Å². The maximum absolute atomic E-state index is 11.8. The predicted octanol–water partition coefficient (Wildman–Crippen LogP) is 1.20.